The molecule has 3 heteroatoms. The molecule has 1 rings (SSSR count). The van der Waals surface area contributed by atoms with E-state index >= 15 is 0 Å². The van der Waals surface area contributed by atoms with Crippen LogP contribution in [0.2, 0.25) is 0 Å². The van der Waals surface area contributed by atoms with Gasteiger partial charge in [-0.05, 0) is 30.5 Å². The summed E-state index contributed by atoms with van der Waals surface area (Å²) in [7, 11) is 1.70. The molecule has 0 aromatic heterocycles. The molecule has 0 aliphatic carbocycles. The highest BCUT2D eigenvalue weighted by Crippen LogP contribution is 2.16. The molecule has 0 aliphatic heterocycles. The zero-order valence-electron chi connectivity index (χ0n) is 10.1. The van der Waals surface area contributed by atoms with Crippen LogP contribution in [0.4, 0.5) is 5.69 Å². The number of rotatable bonds is 5. The molecule has 16 heavy (non-hydrogen) atoms. The first-order valence-electron chi connectivity index (χ1n) is 5.41. The maximum absolute atomic E-state index is 8.96. The van der Waals surface area contributed by atoms with E-state index in [2.05, 4.69) is 18.3 Å². The van der Waals surface area contributed by atoms with Crippen LogP contribution in [-0.2, 0) is 4.74 Å². The average molecular weight is 218 g/mol. The molecule has 3 nitrogen and oxygen atoms in total. The van der Waals surface area contributed by atoms with Crippen molar-refractivity contribution in [3.05, 3.63) is 29.3 Å². The second-order valence-corrected chi connectivity index (χ2v) is 4.10. The van der Waals surface area contributed by atoms with Crippen molar-refractivity contribution >= 4 is 5.69 Å². The van der Waals surface area contributed by atoms with Gasteiger partial charge in [0.2, 0.25) is 0 Å². The van der Waals surface area contributed by atoms with Crippen LogP contribution in [0.25, 0.3) is 0 Å². The van der Waals surface area contributed by atoms with Crippen molar-refractivity contribution in [2.75, 3.05) is 25.6 Å². The van der Waals surface area contributed by atoms with Crippen molar-refractivity contribution in [2.45, 2.75) is 13.8 Å². The van der Waals surface area contributed by atoms with Crippen molar-refractivity contribution in [1.82, 2.24) is 0 Å². The third kappa shape index (κ3) is 3.56. The largest absolute Gasteiger partial charge is 0.384 e. The molecule has 1 unspecified atom stereocenters. The van der Waals surface area contributed by atoms with Gasteiger partial charge < -0.3 is 10.1 Å². The Kier molecular flexibility index (Phi) is 4.81. The van der Waals surface area contributed by atoms with Crippen LogP contribution in [-0.4, -0.2) is 20.3 Å². The topological polar surface area (TPSA) is 45.0 Å². The average Bonchev–Trinajstić information content (AvgIpc) is 2.27. The van der Waals surface area contributed by atoms with E-state index in [0.29, 0.717) is 11.5 Å². The van der Waals surface area contributed by atoms with E-state index in [1.54, 1.807) is 7.11 Å². The zero-order chi connectivity index (χ0) is 12.0. The number of hydrogen-bond donors (Lipinski definition) is 1. The van der Waals surface area contributed by atoms with E-state index in [1.807, 2.05) is 25.1 Å². The SMILES string of the molecule is COCC(C)CNc1cc(C)ccc1C#N. The Hall–Kier alpha value is -1.53. The fraction of sp³-hybridized carbons (Fsp3) is 0.462. The summed E-state index contributed by atoms with van der Waals surface area (Å²) < 4.78 is 5.07. The molecule has 86 valence electrons. The lowest BCUT2D eigenvalue weighted by Crippen LogP contribution is -2.16. The van der Waals surface area contributed by atoms with Crippen LogP contribution in [0.15, 0.2) is 18.2 Å². The predicted molar refractivity (Wildman–Crippen MR) is 65.4 cm³/mol. The lowest BCUT2D eigenvalue weighted by atomic mass is 10.1. The van der Waals surface area contributed by atoms with Gasteiger partial charge in [0.25, 0.3) is 0 Å². The lowest BCUT2D eigenvalue weighted by Gasteiger charge is -2.13. The third-order valence-electron chi connectivity index (χ3n) is 2.39. The predicted octanol–water partition coefficient (Wildman–Crippen LogP) is 2.56. The molecule has 0 aliphatic rings. The highest BCUT2D eigenvalue weighted by atomic mass is 16.5. The van der Waals surface area contributed by atoms with Crippen LogP contribution < -0.4 is 5.32 Å². The van der Waals surface area contributed by atoms with E-state index in [1.165, 1.54) is 0 Å². The monoisotopic (exact) mass is 218 g/mol. The fourth-order valence-electron chi connectivity index (χ4n) is 1.53. The van der Waals surface area contributed by atoms with Gasteiger partial charge in [-0.1, -0.05) is 13.0 Å². The fourth-order valence-corrected chi connectivity index (χ4v) is 1.53. The molecule has 1 aromatic rings. The molecule has 0 saturated heterocycles. The molecular formula is C13H18N2O. The van der Waals surface area contributed by atoms with Crippen molar-refractivity contribution < 1.29 is 4.74 Å². The number of nitrogens with zero attached hydrogens (tertiary/aromatic N) is 1. The van der Waals surface area contributed by atoms with E-state index in [-0.39, 0.29) is 0 Å². The third-order valence-corrected chi connectivity index (χ3v) is 2.39. The highest BCUT2D eigenvalue weighted by Gasteiger charge is 2.04. The van der Waals surface area contributed by atoms with Gasteiger partial charge in [-0.15, -0.1) is 0 Å². The minimum atomic E-state index is 0.428. The minimum Gasteiger partial charge on any atom is -0.384 e. The standard InChI is InChI=1S/C13H18N2O/c1-10-4-5-12(7-14)13(6-10)15-8-11(2)9-16-3/h4-6,11,15H,8-9H2,1-3H3. The first-order valence-corrected chi connectivity index (χ1v) is 5.41. The molecule has 0 fully saturated rings. The number of benzene rings is 1. The summed E-state index contributed by atoms with van der Waals surface area (Å²) in [5, 5.41) is 12.3. The molecular weight excluding hydrogens is 200 g/mol. The Bertz CT molecular complexity index is 382. The molecule has 1 atom stereocenters. The molecule has 1 N–H and O–H groups in total. The highest BCUT2D eigenvalue weighted by molar-refractivity contribution is 5.58. The Balaban J connectivity index is 2.66. The van der Waals surface area contributed by atoms with E-state index in [4.69, 9.17) is 10.00 Å². The quantitative estimate of drug-likeness (QED) is 0.826. The van der Waals surface area contributed by atoms with Crippen LogP contribution in [0, 0.1) is 24.2 Å². The van der Waals surface area contributed by atoms with Gasteiger partial charge in [-0.25, -0.2) is 0 Å². The van der Waals surface area contributed by atoms with Gasteiger partial charge in [-0.3, -0.25) is 0 Å². The summed E-state index contributed by atoms with van der Waals surface area (Å²) in [5.74, 6) is 0.428. The number of nitrogens with one attached hydrogen (secondary N) is 1. The Morgan fingerprint density at radius 1 is 1.50 bits per heavy atom. The Morgan fingerprint density at radius 3 is 2.88 bits per heavy atom. The van der Waals surface area contributed by atoms with Gasteiger partial charge in [0.15, 0.2) is 0 Å². The first-order chi connectivity index (χ1) is 7.67. The maximum Gasteiger partial charge on any atom is 0.101 e. The van der Waals surface area contributed by atoms with Crippen LogP contribution in [0.3, 0.4) is 0 Å². The molecule has 0 spiro atoms. The van der Waals surface area contributed by atoms with Crippen LogP contribution in [0.5, 0.6) is 0 Å². The smallest absolute Gasteiger partial charge is 0.101 e. The number of methoxy groups -OCH3 is 1. The Labute approximate surface area is 97.0 Å². The summed E-state index contributed by atoms with van der Waals surface area (Å²) >= 11 is 0. The van der Waals surface area contributed by atoms with Crippen molar-refractivity contribution in [3.8, 4) is 6.07 Å². The van der Waals surface area contributed by atoms with E-state index in [9.17, 15) is 0 Å². The number of anilines is 1. The molecule has 0 radical (unpaired) electrons. The number of nitriles is 1. The van der Waals surface area contributed by atoms with E-state index < -0.39 is 0 Å². The van der Waals surface area contributed by atoms with Gasteiger partial charge in [0.05, 0.1) is 17.9 Å². The zero-order valence-corrected chi connectivity index (χ0v) is 10.1. The molecule has 0 amide bonds. The van der Waals surface area contributed by atoms with Gasteiger partial charge in [-0.2, -0.15) is 5.26 Å². The van der Waals surface area contributed by atoms with Crippen molar-refractivity contribution in [2.24, 2.45) is 5.92 Å². The van der Waals surface area contributed by atoms with Crippen molar-refractivity contribution in [3.63, 3.8) is 0 Å². The van der Waals surface area contributed by atoms with Crippen LogP contribution in [0.1, 0.15) is 18.1 Å². The van der Waals surface area contributed by atoms with Gasteiger partial charge >= 0.3 is 0 Å². The van der Waals surface area contributed by atoms with E-state index in [0.717, 1.165) is 24.4 Å². The second kappa shape index (κ2) is 6.14. The van der Waals surface area contributed by atoms with Crippen LogP contribution >= 0.6 is 0 Å². The summed E-state index contributed by atoms with van der Waals surface area (Å²) in [6, 6.07) is 7.98. The number of hydrogen-bond acceptors (Lipinski definition) is 3. The normalized spacial score (nSPS) is 11.9. The molecule has 1 aromatic carbocycles. The van der Waals surface area contributed by atoms with Gasteiger partial charge in [0.1, 0.15) is 6.07 Å². The molecule has 0 heterocycles. The van der Waals surface area contributed by atoms with Crippen molar-refractivity contribution in [1.29, 1.82) is 5.26 Å². The number of aryl methyl sites for hydroxylation is 1. The summed E-state index contributed by atoms with van der Waals surface area (Å²) in [4.78, 5) is 0. The maximum atomic E-state index is 8.96. The summed E-state index contributed by atoms with van der Waals surface area (Å²) in [6.07, 6.45) is 0. The minimum absolute atomic E-state index is 0.428. The first kappa shape index (κ1) is 12.5. The number of ether oxygens (including phenoxy) is 1. The Morgan fingerprint density at radius 2 is 2.25 bits per heavy atom. The molecule has 0 saturated carbocycles. The summed E-state index contributed by atoms with van der Waals surface area (Å²) in [5.41, 5.74) is 2.75. The second-order valence-electron chi connectivity index (χ2n) is 4.10. The lowest BCUT2D eigenvalue weighted by molar-refractivity contribution is 0.164. The summed E-state index contributed by atoms with van der Waals surface area (Å²) in [6.45, 7) is 5.66. The molecule has 0 bridgehead atoms. The van der Waals surface area contributed by atoms with Gasteiger partial charge in [0, 0.05) is 13.7 Å².